The molecule has 1 aromatic heterocycles. The van der Waals surface area contributed by atoms with Crippen molar-refractivity contribution >= 4 is 23.7 Å². The molecule has 1 fully saturated rings. The van der Waals surface area contributed by atoms with Crippen molar-refractivity contribution in [2.45, 2.75) is 44.7 Å². The van der Waals surface area contributed by atoms with Crippen LogP contribution >= 0.6 is 11.8 Å². The number of nitrogens with two attached hydrogens (primary N) is 1. The zero-order valence-electron chi connectivity index (χ0n) is 14.4. The topological polar surface area (TPSA) is 93.2 Å². The molecule has 2 heterocycles. The highest BCUT2D eigenvalue weighted by Gasteiger charge is 2.30. The first-order chi connectivity index (χ1) is 11.6. The number of likely N-dealkylation sites (tertiary alicyclic amines) is 1. The van der Waals surface area contributed by atoms with Gasteiger partial charge in [-0.3, -0.25) is 4.79 Å². The van der Waals surface area contributed by atoms with Crippen molar-refractivity contribution in [2.24, 2.45) is 5.73 Å². The van der Waals surface area contributed by atoms with Gasteiger partial charge in [0.2, 0.25) is 5.91 Å². The van der Waals surface area contributed by atoms with Crippen LogP contribution in [0.15, 0.2) is 12.4 Å². The molecule has 0 bridgehead atoms. The summed E-state index contributed by atoms with van der Waals surface area (Å²) in [6.07, 6.45) is 9.23. The predicted molar refractivity (Wildman–Crippen MR) is 96.0 cm³/mol. The van der Waals surface area contributed by atoms with Crippen LogP contribution in [0.2, 0.25) is 0 Å². The van der Waals surface area contributed by atoms with Gasteiger partial charge in [0, 0.05) is 31.9 Å². The van der Waals surface area contributed by atoms with Gasteiger partial charge in [-0.15, -0.1) is 0 Å². The quantitative estimate of drug-likeness (QED) is 0.775. The first-order valence-electron chi connectivity index (χ1n) is 8.42. The van der Waals surface area contributed by atoms with Gasteiger partial charge in [0.25, 0.3) is 0 Å². The number of urea groups is 1. The van der Waals surface area contributed by atoms with Gasteiger partial charge in [0.1, 0.15) is 11.9 Å². The lowest BCUT2D eigenvalue weighted by Gasteiger charge is -2.36. The number of nitrogens with one attached hydrogen (secondary N) is 1. The van der Waals surface area contributed by atoms with Gasteiger partial charge in [0.05, 0.1) is 6.04 Å². The molecule has 2 atom stereocenters. The summed E-state index contributed by atoms with van der Waals surface area (Å²) in [5, 5.41) is 2.60. The minimum atomic E-state index is -0.647. The standard InChI is InChI=1S/C16H27N5O2S/c1-3-14-18-7-9-21(14)12-5-4-8-20(11-12)15(22)13(6-10-24-2)19-16(17)23/h7,9,12-13H,3-6,8,10-11H2,1-2H3,(H3,17,19,23)/t12?,13-/m0/s1. The third kappa shape index (κ3) is 4.66. The van der Waals surface area contributed by atoms with E-state index >= 15 is 0 Å². The van der Waals surface area contributed by atoms with Crippen LogP contribution in [0.5, 0.6) is 0 Å². The Morgan fingerprint density at radius 1 is 1.54 bits per heavy atom. The molecule has 0 spiro atoms. The van der Waals surface area contributed by atoms with Gasteiger partial charge in [0.15, 0.2) is 0 Å². The monoisotopic (exact) mass is 353 g/mol. The van der Waals surface area contributed by atoms with Crippen molar-refractivity contribution in [1.29, 1.82) is 0 Å². The SMILES string of the molecule is CCc1nccn1C1CCCN(C(=O)[C@H](CCSC)NC(N)=O)C1. The maximum absolute atomic E-state index is 12.8. The Balaban J connectivity index is 2.06. The number of nitrogens with zero attached hydrogens (tertiary/aromatic N) is 3. The minimum absolute atomic E-state index is 0.0364. The summed E-state index contributed by atoms with van der Waals surface area (Å²) in [4.78, 5) is 30.3. The molecule has 1 aliphatic heterocycles. The molecule has 0 saturated carbocycles. The van der Waals surface area contributed by atoms with E-state index in [1.54, 1.807) is 11.8 Å². The van der Waals surface area contributed by atoms with E-state index < -0.39 is 12.1 Å². The largest absolute Gasteiger partial charge is 0.352 e. The number of carbonyl (C=O) groups is 2. The number of aryl methyl sites for hydroxylation is 1. The van der Waals surface area contributed by atoms with Crippen LogP contribution in [0.3, 0.4) is 0 Å². The lowest BCUT2D eigenvalue weighted by molar-refractivity contribution is -0.134. The summed E-state index contributed by atoms with van der Waals surface area (Å²) in [7, 11) is 0. The fraction of sp³-hybridized carbons (Fsp3) is 0.688. The van der Waals surface area contributed by atoms with Crippen molar-refractivity contribution in [3.05, 3.63) is 18.2 Å². The van der Waals surface area contributed by atoms with Crippen LogP contribution in [0.1, 0.15) is 38.1 Å². The van der Waals surface area contributed by atoms with Crippen LogP contribution < -0.4 is 11.1 Å². The molecule has 0 aromatic carbocycles. The number of carbonyl (C=O) groups excluding carboxylic acids is 2. The van der Waals surface area contributed by atoms with Crippen LogP contribution in [-0.4, -0.2) is 57.5 Å². The van der Waals surface area contributed by atoms with Gasteiger partial charge >= 0.3 is 6.03 Å². The van der Waals surface area contributed by atoms with Gasteiger partial charge in [-0.05, 0) is 31.3 Å². The average molecular weight is 353 g/mol. The summed E-state index contributed by atoms with van der Waals surface area (Å²) < 4.78 is 2.18. The van der Waals surface area contributed by atoms with Crippen LogP contribution in [0.4, 0.5) is 4.79 Å². The second-order valence-corrected chi connectivity index (χ2v) is 7.01. The Morgan fingerprint density at radius 2 is 2.33 bits per heavy atom. The average Bonchev–Trinajstić information content (AvgIpc) is 3.06. The first kappa shape index (κ1) is 18.6. The number of rotatable bonds is 7. The minimum Gasteiger partial charge on any atom is -0.352 e. The highest BCUT2D eigenvalue weighted by molar-refractivity contribution is 7.98. The fourth-order valence-corrected chi connectivity index (χ4v) is 3.69. The molecule has 0 aliphatic carbocycles. The van der Waals surface area contributed by atoms with Gasteiger partial charge < -0.3 is 20.5 Å². The molecule has 134 valence electrons. The van der Waals surface area contributed by atoms with Crippen molar-refractivity contribution in [3.63, 3.8) is 0 Å². The smallest absolute Gasteiger partial charge is 0.312 e. The van der Waals surface area contributed by atoms with Crippen LogP contribution in [0, 0.1) is 0 Å². The highest BCUT2D eigenvalue weighted by Crippen LogP contribution is 2.24. The first-order valence-corrected chi connectivity index (χ1v) is 9.81. The van der Waals surface area contributed by atoms with Crippen molar-refractivity contribution in [3.8, 4) is 0 Å². The van der Waals surface area contributed by atoms with Crippen molar-refractivity contribution < 1.29 is 9.59 Å². The summed E-state index contributed by atoms with van der Waals surface area (Å²) in [6.45, 7) is 3.46. The molecular formula is C16H27N5O2S. The van der Waals surface area contributed by atoms with E-state index in [0.29, 0.717) is 13.0 Å². The maximum atomic E-state index is 12.8. The van der Waals surface area contributed by atoms with E-state index in [1.165, 1.54) is 0 Å². The number of thioether (sulfide) groups is 1. The van der Waals surface area contributed by atoms with E-state index in [4.69, 9.17) is 5.73 Å². The lowest BCUT2D eigenvalue weighted by Crippen LogP contribution is -2.52. The molecule has 1 aromatic rings. The molecule has 8 heteroatoms. The van der Waals surface area contributed by atoms with Gasteiger partial charge in [-0.2, -0.15) is 11.8 Å². The molecular weight excluding hydrogens is 326 g/mol. The molecule has 24 heavy (non-hydrogen) atoms. The van der Waals surface area contributed by atoms with E-state index in [1.807, 2.05) is 23.5 Å². The normalized spacial score (nSPS) is 19.1. The summed E-state index contributed by atoms with van der Waals surface area (Å²) in [5.41, 5.74) is 5.23. The number of amides is 3. The molecule has 1 unspecified atom stereocenters. The number of hydrogen-bond acceptors (Lipinski definition) is 4. The molecule has 1 aliphatic rings. The fourth-order valence-electron chi connectivity index (χ4n) is 3.22. The zero-order chi connectivity index (χ0) is 17.5. The number of piperidine rings is 1. The van der Waals surface area contributed by atoms with E-state index in [9.17, 15) is 9.59 Å². The maximum Gasteiger partial charge on any atom is 0.312 e. The number of hydrogen-bond donors (Lipinski definition) is 2. The third-order valence-corrected chi connectivity index (χ3v) is 5.04. The zero-order valence-corrected chi connectivity index (χ0v) is 15.2. The lowest BCUT2D eigenvalue weighted by atomic mass is 10.0. The Bertz CT molecular complexity index is 562. The second kappa shape index (κ2) is 8.96. The van der Waals surface area contributed by atoms with Crippen LogP contribution in [-0.2, 0) is 11.2 Å². The Labute approximate surface area is 147 Å². The van der Waals surface area contributed by atoms with Crippen molar-refractivity contribution in [2.75, 3.05) is 25.1 Å². The summed E-state index contributed by atoms with van der Waals surface area (Å²) in [6, 6.07) is -0.942. The van der Waals surface area contributed by atoms with E-state index in [2.05, 4.69) is 21.8 Å². The molecule has 1 saturated heterocycles. The Kier molecular flexibility index (Phi) is 6.96. The van der Waals surface area contributed by atoms with Crippen molar-refractivity contribution in [1.82, 2.24) is 19.8 Å². The Hall–Kier alpha value is -1.70. The predicted octanol–water partition coefficient (Wildman–Crippen LogP) is 1.40. The molecule has 3 N–H and O–H groups in total. The second-order valence-electron chi connectivity index (χ2n) is 6.03. The molecule has 0 radical (unpaired) electrons. The van der Waals surface area contributed by atoms with Crippen LogP contribution in [0.25, 0.3) is 0 Å². The van der Waals surface area contributed by atoms with E-state index in [-0.39, 0.29) is 11.9 Å². The number of primary amides is 1. The molecule has 3 amide bonds. The summed E-state index contributed by atoms with van der Waals surface area (Å²) >= 11 is 1.65. The molecule has 2 rings (SSSR count). The Morgan fingerprint density at radius 3 is 3.00 bits per heavy atom. The van der Waals surface area contributed by atoms with Gasteiger partial charge in [-0.1, -0.05) is 6.92 Å². The third-order valence-electron chi connectivity index (χ3n) is 4.39. The van der Waals surface area contributed by atoms with Gasteiger partial charge in [-0.25, -0.2) is 9.78 Å². The highest BCUT2D eigenvalue weighted by atomic mass is 32.2. The number of aromatic nitrogens is 2. The summed E-state index contributed by atoms with van der Waals surface area (Å²) in [5.74, 6) is 1.81. The van der Waals surface area contributed by atoms with E-state index in [0.717, 1.165) is 37.4 Å². The molecule has 7 nitrogen and oxygen atoms in total. The number of imidazole rings is 1.